The van der Waals surface area contributed by atoms with Crippen LogP contribution in [0, 0.1) is 0 Å². The highest BCUT2D eigenvalue weighted by Gasteiger charge is 2.22. The normalized spacial score (nSPS) is 12.1. The van der Waals surface area contributed by atoms with E-state index in [2.05, 4.69) is 5.10 Å². The molecule has 3 rings (SSSR count). The smallest absolute Gasteiger partial charge is 0.331 e. The summed E-state index contributed by atoms with van der Waals surface area (Å²) >= 11 is 0. The van der Waals surface area contributed by atoms with Crippen LogP contribution >= 0.6 is 0 Å². The summed E-state index contributed by atoms with van der Waals surface area (Å²) in [5.74, 6) is -0.435. The number of hydrogen-bond acceptors (Lipinski definition) is 4. The Bertz CT molecular complexity index is 957. The van der Waals surface area contributed by atoms with E-state index < -0.39 is 12.0 Å². The van der Waals surface area contributed by atoms with Crippen LogP contribution in [0.25, 0.3) is 22.0 Å². The third-order valence-electron chi connectivity index (χ3n) is 4.13. The highest BCUT2D eigenvalue weighted by atomic mass is 16.5. The lowest BCUT2D eigenvalue weighted by Gasteiger charge is -2.16. The van der Waals surface area contributed by atoms with E-state index in [0.717, 1.165) is 16.3 Å². The molecule has 0 spiro atoms. The number of aromatic nitrogens is 2. The zero-order valence-corrected chi connectivity index (χ0v) is 14.3. The minimum atomic E-state index is -0.720. The van der Waals surface area contributed by atoms with Crippen molar-refractivity contribution in [3.63, 3.8) is 0 Å². The number of fused-ring (bicyclic) bond motifs is 1. The lowest BCUT2D eigenvalue weighted by atomic mass is 10.0. The Labute approximate surface area is 145 Å². The molecule has 0 radical (unpaired) electrons. The van der Waals surface area contributed by atoms with Gasteiger partial charge in [-0.15, -0.1) is 0 Å². The number of rotatable bonds is 5. The molecule has 2 aromatic carbocycles. The second-order valence-electron chi connectivity index (χ2n) is 5.70. The van der Waals surface area contributed by atoms with E-state index in [-0.39, 0.29) is 12.2 Å². The monoisotopic (exact) mass is 336 g/mol. The maximum absolute atomic E-state index is 12.3. The Morgan fingerprint density at radius 1 is 1.08 bits per heavy atom. The first-order valence-electron chi connectivity index (χ1n) is 8.40. The summed E-state index contributed by atoms with van der Waals surface area (Å²) in [5.41, 5.74) is 1.26. The molecule has 0 unspecified atom stereocenters. The maximum Gasteiger partial charge on any atom is 0.331 e. The molecule has 0 amide bonds. The molecule has 0 N–H and O–H groups in total. The van der Waals surface area contributed by atoms with E-state index in [9.17, 15) is 9.59 Å². The molecule has 128 valence electrons. The van der Waals surface area contributed by atoms with E-state index in [1.165, 1.54) is 10.7 Å². The first kappa shape index (κ1) is 16.9. The Balaban J connectivity index is 2.13. The van der Waals surface area contributed by atoms with Gasteiger partial charge in [0.05, 0.1) is 12.3 Å². The summed E-state index contributed by atoms with van der Waals surface area (Å²) < 4.78 is 6.31. The molecular weight excluding hydrogens is 316 g/mol. The van der Waals surface area contributed by atoms with Crippen molar-refractivity contribution in [2.24, 2.45) is 0 Å². The summed E-state index contributed by atoms with van der Waals surface area (Å²) in [6.45, 7) is 3.85. The van der Waals surface area contributed by atoms with Gasteiger partial charge in [0, 0.05) is 11.6 Å². The van der Waals surface area contributed by atoms with Crippen LogP contribution in [0.5, 0.6) is 0 Å². The van der Waals surface area contributed by atoms with Crippen molar-refractivity contribution < 1.29 is 9.53 Å². The largest absolute Gasteiger partial charge is 0.464 e. The number of nitrogens with zero attached hydrogens (tertiary/aromatic N) is 2. The number of esters is 1. The third-order valence-corrected chi connectivity index (χ3v) is 4.13. The lowest BCUT2D eigenvalue weighted by molar-refractivity contribution is -0.147. The summed E-state index contributed by atoms with van der Waals surface area (Å²) in [6.07, 6.45) is 0.435. The molecule has 0 fully saturated rings. The molecule has 1 heterocycles. The average molecular weight is 336 g/mol. The maximum atomic E-state index is 12.3. The first-order valence-corrected chi connectivity index (χ1v) is 8.40. The van der Waals surface area contributed by atoms with Crippen molar-refractivity contribution in [1.29, 1.82) is 0 Å². The molecule has 0 bridgehead atoms. The van der Waals surface area contributed by atoms with Gasteiger partial charge < -0.3 is 4.74 Å². The molecule has 1 atom stereocenters. The molecule has 1 aromatic heterocycles. The fourth-order valence-electron chi connectivity index (χ4n) is 2.92. The van der Waals surface area contributed by atoms with E-state index >= 15 is 0 Å². The van der Waals surface area contributed by atoms with Gasteiger partial charge in [0.1, 0.15) is 0 Å². The molecule has 0 aliphatic heterocycles. The van der Waals surface area contributed by atoms with Crippen LogP contribution in [0.1, 0.15) is 26.3 Å². The molecule has 3 aromatic rings. The van der Waals surface area contributed by atoms with E-state index in [4.69, 9.17) is 4.74 Å². The van der Waals surface area contributed by atoms with Crippen LogP contribution in [0.3, 0.4) is 0 Å². The van der Waals surface area contributed by atoms with Gasteiger partial charge >= 0.3 is 5.97 Å². The van der Waals surface area contributed by atoms with E-state index in [0.29, 0.717) is 12.1 Å². The molecule has 0 saturated heterocycles. The fraction of sp³-hybridized carbons (Fsp3) is 0.250. The zero-order chi connectivity index (χ0) is 17.8. The van der Waals surface area contributed by atoms with Crippen LogP contribution in [-0.2, 0) is 9.53 Å². The van der Waals surface area contributed by atoms with Crippen LogP contribution in [0.2, 0.25) is 0 Å². The van der Waals surface area contributed by atoms with Crippen molar-refractivity contribution >= 4 is 16.7 Å². The molecule has 0 aliphatic rings. The number of hydrogen-bond donors (Lipinski definition) is 0. The Hall–Kier alpha value is -2.95. The fourth-order valence-corrected chi connectivity index (χ4v) is 2.92. The van der Waals surface area contributed by atoms with Gasteiger partial charge in [0.2, 0.25) is 0 Å². The standard InChI is InChI=1S/C20H20N2O3/c1-3-18(20(24)25-4-2)22-19(23)13-12-17(21-22)16-11-7-9-14-8-5-6-10-15(14)16/h5-13,18H,3-4H2,1-2H3/t18-/m1/s1. The second-order valence-corrected chi connectivity index (χ2v) is 5.70. The Morgan fingerprint density at radius 2 is 1.84 bits per heavy atom. The average Bonchev–Trinajstić information content (AvgIpc) is 2.64. The lowest BCUT2D eigenvalue weighted by Crippen LogP contribution is -2.32. The SMILES string of the molecule is CCOC(=O)[C@@H](CC)n1nc(-c2cccc3ccccc23)ccc1=O. The Kier molecular flexibility index (Phi) is 4.93. The molecule has 5 nitrogen and oxygen atoms in total. The first-order chi connectivity index (χ1) is 12.2. The predicted molar refractivity (Wildman–Crippen MR) is 97.4 cm³/mol. The number of benzene rings is 2. The van der Waals surface area contributed by atoms with Crippen molar-refractivity contribution in [3.8, 4) is 11.3 Å². The van der Waals surface area contributed by atoms with Gasteiger partial charge in [-0.25, -0.2) is 9.48 Å². The van der Waals surface area contributed by atoms with E-state index in [1.54, 1.807) is 13.0 Å². The number of carbonyl (C=O) groups excluding carboxylic acids is 1. The summed E-state index contributed by atoms with van der Waals surface area (Å²) in [6, 6.07) is 16.4. The Morgan fingerprint density at radius 3 is 2.60 bits per heavy atom. The van der Waals surface area contributed by atoms with Gasteiger partial charge in [-0.05, 0) is 30.2 Å². The van der Waals surface area contributed by atoms with Crippen LogP contribution in [-0.4, -0.2) is 22.4 Å². The topological polar surface area (TPSA) is 61.2 Å². The van der Waals surface area contributed by atoms with Gasteiger partial charge in [-0.3, -0.25) is 4.79 Å². The third kappa shape index (κ3) is 3.31. The van der Waals surface area contributed by atoms with Crippen LogP contribution in [0.4, 0.5) is 0 Å². The molecule has 0 aliphatic carbocycles. The number of ether oxygens (including phenoxy) is 1. The van der Waals surface area contributed by atoms with Crippen LogP contribution in [0.15, 0.2) is 59.4 Å². The van der Waals surface area contributed by atoms with Crippen LogP contribution < -0.4 is 5.56 Å². The van der Waals surface area contributed by atoms with Crippen molar-refractivity contribution in [1.82, 2.24) is 9.78 Å². The minimum absolute atomic E-state index is 0.271. The van der Waals surface area contributed by atoms with Gasteiger partial charge in [0.15, 0.2) is 6.04 Å². The minimum Gasteiger partial charge on any atom is -0.464 e. The van der Waals surface area contributed by atoms with E-state index in [1.807, 2.05) is 49.4 Å². The van der Waals surface area contributed by atoms with Gasteiger partial charge in [-0.1, -0.05) is 49.4 Å². The number of carbonyl (C=O) groups is 1. The molecule has 5 heteroatoms. The quantitative estimate of drug-likeness (QED) is 0.668. The van der Waals surface area contributed by atoms with Gasteiger partial charge in [0.25, 0.3) is 5.56 Å². The summed E-state index contributed by atoms with van der Waals surface area (Å²) in [4.78, 5) is 24.4. The summed E-state index contributed by atoms with van der Waals surface area (Å²) in [5, 5.41) is 6.61. The van der Waals surface area contributed by atoms with Gasteiger partial charge in [-0.2, -0.15) is 5.10 Å². The predicted octanol–water partition coefficient (Wildman–Crippen LogP) is 3.58. The molecular formula is C20H20N2O3. The highest BCUT2D eigenvalue weighted by Crippen LogP contribution is 2.26. The van der Waals surface area contributed by atoms with Crippen molar-refractivity contribution in [2.45, 2.75) is 26.3 Å². The van der Waals surface area contributed by atoms with Crippen molar-refractivity contribution in [3.05, 3.63) is 65.0 Å². The molecule has 25 heavy (non-hydrogen) atoms. The highest BCUT2D eigenvalue weighted by molar-refractivity contribution is 5.95. The second kappa shape index (κ2) is 7.30. The zero-order valence-electron chi connectivity index (χ0n) is 14.3. The molecule has 0 saturated carbocycles. The van der Waals surface area contributed by atoms with Crippen molar-refractivity contribution in [2.75, 3.05) is 6.61 Å². The summed E-state index contributed by atoms with van der Waals surface area (Å²) in [7, 11) is 0.